The van der Waals surface area contributed by atoms with Gasteiger partial charge in [0.1, 0.15) is 0 Å². The fraction of sp³-hybridized carbons (Fsp3) is 0.278. The molecule has 1 amide bonds. The Kier molecular flexibility index (Phi) is 8.18. The lowest BCUT2D eigenvalue weighted by Crippen LogP contribution is -2.23. The van der Waals surface area contributed by atoms with E-state index in [-0.39, 0.29) is 24.0 Å². The number of hydrogen-bond donors (Lipinski definition) is 1. The van der Waals surface area contributed by atoms with Crippen molar-refractivity contribution in [3.8, 4) is 11.5 Å². The summed E-state index contributed by atoms with van der Waals surface area (Å²) in [6, 6.07) is 12.5. The molecule has 0 bridgehead atoms. The molecule has 0 aliphatic carbocycles. The van der Waals surface area contributed by atoms with Gasteiger partial charge in [-0.3, -0.25) is 4.79 Å². The highest BCUT2D eigenvalue weighted by atomic mass is 79.9. The number of rotatable bonds is 9. The van der Waals surface area contributed by atoms with Gasteiger partial charge in [0.2, 0.25) is 5.91 Å². The molecular formula is C18H18BrF2NO3S. The Balaban J connectivity index is 1.80. The largest absolute Gasteiger partial charge is 0.493 e. The van der Waals surface area contributed by atoms with Gasteiger partial charge in [-0.15, -0.1) is 11.8 Å². The molecule has 2 aromatic carbocycles. The molecule has 4 nitrogen and oxygen atoms in total. The number of nitrogens with one attached hydrogen (secondary N) is 1. The summed E-state index contributed by atoms with van der Waals surface area (Å²) in [6.07, 6.45) is 0.358. The van der Waals surface area contributed by atoms with Crippen LogP contribution in [0.15, 0.2) is 51.8 Å². The van der Waals surface area contributed by atoms with Gasteiger partial charge in [0.05, 0.1) is 7.11 Å². The van der Waals surface area contributed by atoms with Crippen molar-refractivity contribution in [2.24, 2.45) is 0 Å². The summed E-state index contributed by atoms with van der Waals surface area (Å²) >= 11 is 4.97. The Bertz CT molecular complexity index is 729. The summed E-state index contributed by atoms with van der Waals surface area (Å²) in [7, 11) is 1.37. The Labute approximate surface area is 163 Å². The van der Waals surface area contributed by atoms with E-state index in [0.717, 1.165) is 9.37 Å². The normalized spacial score (nSPS) is 10.7. The average molecular weight is 446 g/mol. The lowest BCUT2D eigenvalue weighted by Gasteiger charge is -2.12. The van der Waals surface area contributed by atoms with Gasteiger partial charge in [-0.05, 0) is 42.0 Å². The van der Waals surface area contributed by atoms with E-state index in [1.807, 2.05) is 24.3 Å². The molecule has 0 saturated carbocycles. The molecule has 8 heteroatoms. The Hall–Kier alpha value is -1.80. The van der Waals surface area contributed by atoms with Gasteiger partial charge in [-0.1, -0.05) is 22.0 Å². The summed E-state index contributed by atoms with van der Waals surface area (Å²) in [5, 5.41) is 2.77. The van der Waals surface area contributed by atoms with Crippen molar-refractivity contribution in [1.29, 1.82) is 0 Å². The molecule has 0 radical (unpaired) electrons. The third kappa shape index (κ3) is 6.84. The van der Waals surface area contributed by atoms with Gasteiger partial charge in [0.25, 0.3) is 0 Å². The van der Waals surface area contributed by atoms with Gasteiger partial charge in [0, 0.05) is 28.1 Å². The number of alkyl halides is 2. The van der Waals surface area contributed by atoms with Crippen LogP contribution in [0, 0.1) is 0 Å². The van der Waals surface area contributed by atoms with Crippen LogP contribution in [0.2, 0.25) is 0 Å². The van der Waals surface area contributed by atoms with E-state index in [9.17, 15) is 13.6 Å². The van der Waals surface area contributed by atoms with Gasteiger partial charge in [0.15, 0.2) is 11.5 Å². The lowest BCUT2D eigenvalue weighted by molar-refractivity contribution is -0.120. The zero-order valence-electron chi connectivity index (χ0n) is 14.0. The molecule has 0 heterocycles. The molecule has 0 aliphatic rings. The molecule has 2 rings (SSSR count). The summed E-state index contributed by atoms with van der Waals surface area (Å²) in [5.74, 6) is 0.698. The first-order chi connectivity index (χ1) is 12.5. The maximum atomic E-state index is 12.4. The minimum atomic E-state index is -2.94. The van der Waals surface area contributed by atoms with E-state index in [1.54, 1.807) is 17.8 Å². The summed E-state index contributed by atoms with van der Waals surface area (Å²) in [5.41, 5.74) is 0.648. The second kappa shape index (κ2) is 10.4. The number of thioether (sulfide) groups is 1. The van der Waals surface area contributed by atoms with E-state index < -0.39 is 6.61 Å². The van der Waals surface area contributed by atoms with Gasteiger partial charge >= 0.3 is 6.61 Å². The van der Waals surface area contributed by atoms with Gasteiger partial charge in [-0.2, -0.15) is 8.78 Å². The molecule has 0 fully saturated rings. The van der Waals surface area contributed by atoms with Crippen LogP contribution in [0.4, 0.5) is 8.78 Å². The standard InChI is InChI=1S/C18H18BrF2NO3S/c1-24-15-7-2-12(10-16(15)25-18(20)21)11-22-17(23)8-9-26-14-5-3-13(19)4-6-14/h2-7,10,18H,8-9,11H2,1H3,(H,22,23). The van der Waals surface area contributed by atoms with Crippen molar-refractivity contribution >= 4 is 33.6 Å². The molecule has 0 unspecified atom stereocenters. The molecule has 2 aromatic rings. The number of methoxy groups -OCH3 is 1. The molecule has 26 heavy (non-hydrogen) atoms. The highest BCUT2D eigenvalue weighted by Gasteiger charge is 2.11. The highest BCUT2D eigenvalue weighted by Crippen LogP contribution is 2.29. The number of carbonyl (C=O) groups is 1. The average Bonchev–Trinajstić information content (AvgIpc) is 2.61. The Morgan fingerprint density at radius 1 is 1.19 bits per heavy atom. The predicted molar refractivity (Wildman–Crippen MR) is 101 cm³/mol. The smallest absolute Gasteiger partial charge is 0.387 e. The third-order valence-corrected chi connectivity index (χ3v) is 4.89. The SMILES string of the molecule is COc1ccc(CNC(=O)CCSc2ccc(Br)cc2)cc1OC(F)F. The van der Waals surface area contributed by atoms with Crippen LogP contribution >= 0.6 is 27.7 Å². The zero-order valence-corrected chi connectivity index (χ0v) is 16.4. The number of hydrogen-bond acceptors (Lipinski definition) is 4. The maximum absolute atomic E-state index is 12.4. The number of amides is 1. The quantitative estimate of drug-likeness (QED) is 0.560. The molecule has 0 aromatic heterocycles. The minimum Gasteiger partial charge on any atom is -0.493 e. The first kappa shape index (κ1) is 20.5. The zero-order chi connectivity index (χ0) is 18.9. The topological polar surface area (TPSA) is 47.6 Å². The lowest BCUT2D eigenvalue weighted by atomic mass is 10.2. The Morgan fingerprint density at radius 2 is 1.92 bits per heavy atom. The van der Waals surface area contributed by atoms with Crippen molar-refractivity contribution in [2.45, 2.75) is 24.5 Å². The second-order valence-corrected chi connectivity index (χ2v) is 7.28. The fourth-order valence-corrected chi connectivity index (χ4v) is 3.22. The van der Waals surface area contributed by atoms with E-state index in [0.29, 0.717) is 17.7 Å². The van der Waals surface area contributed by atoms with E-state index in [2.05, 4.69) is 26.0 Å². The summed E-state index contributed by atoms with van der Waals surface area (Å²) < 4.78 is 35.3. The van der Waals surface area contributed by atoms with Crippen molar-refractivity contribution in [1.82, 2.24) is 5.32 Å². The van der Waals surface area contributed by atoms with Crippen molar-refractivity contribution in [3.63, 3.8) is 0 Å². The monoisotopic (exact) mass is 445 g/mol. The predicted octanol–water partition coefficient (Wildman–Crippen LogP) is 4.86. The molecule has 0 atom stereocenters. The highest BCUT2D eigenvalue weighted by molar-refractivity contribution is 9.10. The second-order valence-electron chi connectivity index (χ2n) is 5.19. The van der Waals surface area contributed by atoms with Crippen LogP contribution in [0.3, 0.4) is 0 Å². The maximum Gasteiger partial charge on any atom is 0.387 e. The Morgan fingerprint density at radius 3 is 2.58 bits per heavy atom. The van der Waals surface area contributed by atoms with Gasteiger partial charge in [-0.25, -0.2) is 0 Å². The molecule has 0 saturated heterocycles. The van der Waals surface area contributed by atoms with Crippen LogP contribution < -0.4 is 14.8 Å². The third-order valence-electron chi connectivity index (χ3n) is 3.35. The van der Waals surface area contributed by atoms with E-state index >= 15 is 0 Å². The molecule has 1 N–H and O–H groups in total. The molecule has 0 aliphatic heterocycles. The van der Waals surface area contributed by atoms with Crippen LogP contribution in [0.5, 0.6) is 11.5 Å². The van der Waals surface area contributed by atoms with Crippen molar-refractivity contribution in [2.75, 3.05) is 12.9 Å². The van der Waals surface area contributed by atoms with E-state index in [1.165, 1.54) is 19.2 Å². The molecule has 0 spiro atoms. The molecular weight excluding hydrogens is 428 g/mol. The van der Waals surface area contributed by atoms with Crippen LogP contribution in [0.25, 0.3) is 0 Å². The number of benzene rings is 2. The summed E-state index contributed by atoms with van der Waals surface area (Å²) in [4.78, 5) is 13.0. The fourth-order valence-electron chi connectivity index (χ4n) is 2.10. The first-order valence-electron chi connectivity index (χ1n) is 7.74. The summed E-state index contributed by atoms with van der Waals surface area (Å²) in [6.45, 7) is -2.71. The number of halogens is 3. The number of ether oxygens (including phenoxy) is 2. The van der Waals surface area contributed by atoms with Gasteiger partial charge < -0.3 is 14.8 Å². The molecule has 140 valence electrons. The first-order valence-corrected chi connectivity index (χ1v) is 9.52. The number of carbonyl (C=O) groups excluding carboxylic acids is 1. The van der Waals surface area contributed by atoms with Crippen LogP contribution in [0.1, 0.15) is 12.0 Å². The van der Waals surface area contributed by atoms with Crippen molar-refractivity contribution in [3.05, 3.63) is 52.5 Å². The van der Waals surface area contributed by atoms with Crippen molar-refractivity contribution < 1.29 is 23.0 Å². The van der Waals surface area contributed by atoms with Crippen LogP contribution in [-0.4, -0.2) is 25.4 Å². The van der Waals surface area contributed by atoms with Crippen LogP contribution in [-0.2, 0) is 11.3 Å². The van der Waals surface area contributed by atoms with E-state index in [4.69, 9.17) is 4.74 Å². The minimum absolute atomic E-state index is 0.0555.